The van der Waals surface area contributed by atoms with Gasteiger partial charge >= 0.3 is 0 Å². The Balaban J connectivity index is 1.33. The lowest BCUT2D eigenvalue weighted by Gasteiger charge is -2.14. The Labute approximate surface area is 177 Å². The van der Waals surface area contributed by atoms with Crippen LogP contribution < -0.4 is 20.5 Å². The number of aromatic hydroxyl groups is 1. The van der Waals surface area contributed by atoms with E-state index in [1.165, 1.54) is 12.1 Å². The van der Waals surface area contributed by atoms with Crippen molar-refractivity contribution in [3.8, 4) is 27.8 Å². The van der Waals surface area contributed by atoms with E-state index in [2.05, 4.69) is 10.3 Å². The zero-order chi connectivity index (χ0) is 21.3. The topological polar surface area (TPSA) is 127 Å². The van der Waals surface area contributed by atoms with E-state index in [1.54, 1.807) is 23.6 Å². The van der Waals surface area contributed by atoms with Gasteiger partial charge in [-0.05, 0) is 42.5 Å². The fraction of sp³-hybridized carbons (Fsp3) is 0.238. The second-order valence-corrected chi connectivity index (χ2v) is 7.32. The van der Waals surface area contributed by atoms with Crippen molar-refractivity contribution in [1.29, 1.82) is 0 Å². The monoisotopic (exact) mass is 429 g/mol. The smallest absolute Gasteiger partial charge is 0.252 e. The number of aromatic nitrogens is 1. The number of carbonyl (C=O) groups excluding carboxylic acids is 1. The van der Waals surface area contributed by atoms with Crippen molar-refractivity contribution >= 4 is 17.2 Å². The van der Waals surface area contributed by atoms with Crippen LogP contribution in [0.4, 0.5) is 0 Å². The predicted octanol–water partition coefficient (Wildman–Crippen LogP) is 2.02. The lowest BCUT2D eigenvalue weighted by Crippen LogP contribution is -2.33. The molecule has 1 heterocycles. The number of benzene rings is 2. The molecule has 1 amide bonds. The maximum Gasteiger partial charge on any atom is 0.252 e. The average Bonchev–Trinajstić information content (AvgIpc) is 3.28. The molecule has 0 saturated heterocycles. The summed E-state index contributed by atoms with van der Waals surface area (Å²) in [7, 11) is 0. The van der Waals surface area contributed by atoms with Gasteiger partial charge in [0, 0.05) is 30.2 Å². The fourth-order valence-electron chi connectivity index (χ4n) is 2.62. The Morgan fingerprint density at radius 2 is 1.93 bits per heavy atom. The molecule has 1 aromatic heterocycles. The fourth-order valence-corrected chi connectivity index (χ4v) is 3.27. The third kappa shape index (κ3) is 6.18. The largest absolute Gasteiger partial charge is 0.507 e. The van der Waals surface area contributed by atoms with Crippen LogP contribution >= 0.6 is 11.3 Å². The van der Waals surface area contributed by atoms with Crippen LogP contribution in [-0.2, 0) is 0 Å². The zero-order valence-electron chi connectivity index (χ0n) is 16.2. The maximum absolute atomic E-state index is 11.2. The molecule has 0 spiro atoms. The van der Waals surface area contributed by atoms with Gasteiger partial charge in [-0.1, -0.05) is 0 Å². The number of carbonyl (C=O) groups is 1. The van der Waals surface area contributed by atoms with E-state index in [-0.39, 0.29) is 17.9 Å². The van der Waals surface area contributed by atoms with Crippen molar-refractivity contribution in [2.75, 3.05) is 26.3 Å². The van der Waals surface area contributed by atoms with Crippen molar-refractivity contribution < 1.29 is 24.5 Å². The van der Waals surface area contributed by atoms with Gasteiger partial charge in [0.1, 0.15) is 41.6 Å². The zero-order valence-corrected chi connectivity index (χ0v) is 17.0. The molecule has 0 aliphatic rings. The van der Waals surface area contributed by atoms with Crippen molar-refractivity contribution in [2.45, 2.75) is 6.10 Å². The molecule has 0 radical (unpaired) electrons. The molecule has 158 valence electrons. The predicted molar refractivity (Wildman–Crippen MR) is 114 cm³/mol. The Kier molecular flexibility index (Phi) is 7.61. The van der Waals surface area contributed by atoms with Crippen LogP contribution in [0.25, 0.3) is 10.6 Å². The molecule has 0 bridgehead atoms. The van der Waals surface area contributed by atoms with Gasteiger partial charge < -0.3 is 30.7 Å². The first-order chi connectivity index (χ1) is 14.5. The molecule has 3 aromatic rings. The number of nitrogens with two attached hydrogens (primary N) is 1. The van der Waals surface area contributed by atoms with E-state index in [9.17, 15) is 15.0 Å². The number of thiazole rings is 1. The molecule has 9 heteroatoms. The van der Waals surface area contributed by atoms with Crippen LogP contribution in [-0.4, -0.2) is 53.5 Å². The molecule has 0 aliphatic carbocycles. The van der Waals surface area contributed by atoms with Crippen molar-refractivity contribution in [3.63, 3.8) is 0 Å². The first-order valence-electron chi connectivity index (χ1n) is 9.30. The highest BCUT2D eigenvalue weighted by atomic mass is 32.1. The van der Waals surface area contributed by atoms with Crippen LogP contribution in [0.15, 0.2) is 54.0 Å². The molecule has 0 saturated carbocycles. The summed E-state index contributed by atoms with van der Waals surface area (Å²) in [6, 6.07) is 11.9. The minimum atomic E-state index is -0.725. The molecular weight excluding hydrogens is 406 g/mol. The Hall–Kier alpha value is -3.14. The van der Waals surface area contributed by atoms with Gasteiger partial charge in [0.25, 0.3) is 5.91 Å². The van der Waals surface area contributed by atoms with E-state index in [4.69, 9.17) is 15.2 Å². The van der Waals surface area contributed by atoms with Crippen LogP contribution in [0.5, 0.6) is 17.2 Å². The number of ether oxygens (including phenoxy) is 2. The van der Waals surface area contributed by atoms with Crippen molar-refractivity contribution in [2.24, 2.45) is 5.73 Å². The number of primary amides is 1. The minimum absolute atomic E-state index is 0.00714. The number of aliphatic hydroxyl groups is 1. The molecule has 0 fully saturated rings. The summed E-state index contributed by atoms with van der Waals surface area (Å²) >= 11 is 1.57. The summed E-state index contributed by atoms with van der Waals surface area (Å²) in [5.41, 5.74) is 6.22. The summed E-state index contributed by atoms with van der Waals surface area (Å²) in [4.78, 5) is 15.5. The van der Waals surface area contributed by atoms with E-state index >= 15 is 0 Å². The van der Waals surface area contributed by atoms with E-state index in [0.717, 1.165) is 10.6 Å². The molecule has 3 rings (SSSR count). The lowest BCUT2D eigenvalue weighted by molar-refractivity contribution is 0.0996. The molecule has 0 aliphatic heterocycles. The van der Waals surface area contributed by atoms with Crippen LogP contribution in [0, 0.1) is 0 Å². The summed E-state index contributed by atoms with van der Waals surface area (Å²) in [5.74, 6) is 0.190. The van der Waals surface area contributed by atoms with E-state index < -0.39 is 12.0 Å². The number of amides is 1. The lowest BCUT2D eigenvalue weighted by atomic mass is 10.2. The van der Waals surface area contributed by atoms with Gasteiger partial charge in [-0.3, -0.25) is 4.79 Å². The molecule has 2 aromatic carbocycles. The van der Waals surface area contributed by atoms with Gasteiger partial charge in [0.15, 0.2) is 0 Å². The maximum atomic E-state index is 11.2. The molecular formula is C21H23N3O5S. The third-order valence-corrected chi connectivity index (χ3v) is 4.96. The first kappa shape index (κ1) is 21.6. The molecule has 5 N–H and O–H groups in total. The highest BCUT2D eigenvalue weighted by Crippen LogP contribution is 2.24. The SMILES string of the molecule is NC(=O)c1cc(OCCNCC(O)COc2ccc(-c3nccs3)cc2)ccc1O. The molecule has 30 heavy (non-hydrogen) atoms. The Morgan fingerprint density at radius 1 is 1.17 bits per heavy atom. The Bertz CT molecular complexity index is 948. The molecule has 8 nitrogen and oxygen atoms in total. The number of phenols is 1. The van der Waals surface area contributed by atoms with Gasteiger partial charge in [-0.15, -0.1) is 11.3 Å². The highest BCUT2D eigenvalue weighted by Gasteiger charge is 2.09. The quantitative estimate of drug-likeness (QED) is 0.344. The summed E-state index contributed by atoms with van der Waals surface area (Å²) in [6.45, 7) is 1.29. The van der Waals surface area contributed by atoms with Crippen molar-refractivity contribution in [1.82, 2.24) is 10.3 Å². The number of nitrogens with zero attached hydrogens (tertiary/aromatic N) is 1. The third-order valence-electron chi connectivity index (χ3n) is 4.14. The Morgan fingerprint density at radius 3 is 2.63 bits per heavy atom. The minimum Gasteiger partial charge on any atom is -0.507 e. The first-order valence-corrected chi connectivity index (χ1v) is 10.2. The van der Waals surface area contributed by atoms with Gasteiger partial charge in [0.05, 0.1) is 5.56 Å². The molecule has 1 unspecified atom stereocenters. The van der Waals surface area contributed by atoms with Gasteiger partial charge in [-0.2, -0.15) is 0 Å². The van der Waals surface area contributed by atoms with E-state index in [1.807, 2.05) is 29.6 Å². The molecule has 1 atom stereocenters. The van der Waals surface area contributed by atoms with Crippen LogP contribution in [0.3, 0.4) is 0 Å². The average molecular weight is 429 g/mol. The van der Waals surface area contributed by atoms with Gasteiger partial charge in [-0.25, -0.2) is 4.98 Å². The summed E-state index contributed by atoms with van der Waals surface area (Å²) < 4.78 is 11.1. The number of rotatable bonds is 11. The standard InChI is InChI=1S/C21H23N3O5S/c22-20(27)18-11-17(5-6-19(18)26)28-9-7-23-12-15(25)13-29-16-3-1-14(2-4-16)21-24-8-10-30-21/h1-6,8,10-11,15,23,25-26H,7,9,12-13H2,(H2,22,27). The number of hydrogen-bond acceptors (Lipinski definition) is 8. The van der Waals surface area contributed by atoms with Crippen LogP contribution in [0.1, 0.15) is 10.4 Å². The summed E-state index contributed by atoms with van der Waals surface area (Å²) in [6.07, 6.45) is 1.08. The second-order valence-electron chi connectivity index (χ2n) is 6.42. The number of hydrogen-bond donors (Lipinski definition) is 4. The summed E-state index contributed by atoms with van der Waals surface area (Å²) in [5, 5.41) is 25.5. The van der Waals surface area contributed by atoms with Crippen molar-refractivity contribution in [3.05, 3.63) is 59.6 Å². The second kappa shape index (κ2) is 10.6. The van der Waals surface area contributed by atoms with E-state index in [0.29, 0.717) is 31.2 Å². The number of nitrogens with one attached hydrogen (secondary N) is 1. The highest BCUT2D eigenvalue weighted by molar-refractivity contribution is 7.13. The van der Waals surface area contributed by atoms with Crippen LogP contribution in [0.2, 0.25) is 0 Å². The van der Waals surface area contributed by atoms with Gasteiger partial charge in [0.2, 0.25) is 0 Å². The normalized spacial score (nSPS) is 11.8. The number of aliphatic hydroxyl groups excluding tert-OH is 1.